The third-order valence-electron chi connectivity index (χ3n) is 3.44. The molecule has 104 valence electrons. The van der Waals surface area contributed by atoms with Crippen LogP contribution in [-0.2, 0) is 24.4 Å². The van der Waals surface area contributed by atoms with Crippen molar-refractivity contribution in [3.05, 3.63) is 53.0 Å². The highest BCUT2D eigenvalue weighted by atomic mass is 16.5. The number of rotatable bonds is 4. The fraction of sp³-hybridized carbons (Fsp3) is 0.333. The van der Waals surface area contributed by atoms with Gasteiger partial charge in [0.15, 0.2) is 0 Å². The van der Waals surface area contributed by atoms with Crippen molar-refractivity contribution in [3.8, 4) is 5.88 Å². The molecule has 1 aromatic heterocycles. The molecule has 0 saturated heterocycles. The maximum Gasteiger partial charge on any atom is 0.216 e. The van der Waals surface area contributed by atoms with Crippen molar-refractivity contribution in [3.63, 3.8) is 0 Å². The molecule has 0 saturated carbocycles. The molecule has 1 atom stereocenters. The molecule has 0 spiro atoms. The van der Waals surface area contributed by atoms with Crippen molar-refractivity contribution >= 4 is 0 Å². The molecule has 1 aromatic carbocycles. The summed E-state index contributed by atoms with van der Waals surface area (Å²) in [4.78, 5) is 8.10. The van der Waals surface area contributed by atoms with Crippen molar-refractivity contribution in [1.29, 1.82) is 0 Å². The molecule has 20 heavy (non-hydrogen) atoms. The summed E-state index contributed by atoms with van der Waals surface area (Å²) >= 11 is 0. The Hall–Kier alpha value is -1.98. The first-order valence-electron chi connectivity index (χ1n) is 6.48. The molecule has 5 nitrogen and oxygen atoms in total. The molecule has 2 heterocycles. The molecule has 0 aliphatic carbocycles. The Morgan fingerprint density at radius 2 is 2.10 bits per heavy atom. The fourth-order valence-electron chi connectivity index (χ4n) is 2.32. The highest BCUT2D eigenvalue weighted by Crippen LogP contribution is 2.25. The first kappa shape index (κ1) is 13.0. The van der Waals surface area contributed by atoms with E-state index in [0.29, 0.717) is 25.5 Å². The van der Waals surface area contributed by atoms with Crippen molar-refractivity contribution in [1.82, 2.24) is 9.97 Å². The molecule has 1 unspecified atom stereocenters. The van der Waals surface area contributed by atoms with Crippen LogP contribution in [0, 0.1) is 0 Å². The second kappa shape index (κ2) is 5.56. The minimum absolute atomic E-state index is 0.429. The Kier molecular flexibility index (Phi) is 3.62. The minimum atomic E-state index is -0.597. The summed E-state index contributed by atoms with van der Waals surface area (Å²) in [6, 6.07) is 7.70. The number of fused-ring (bicyclic) bond motifs is 1. The van der Waals surface area contributed by atoms with Crippen LogP contribution in [0.4, 0.5) is 0 Å². The van der Waals surface area contributed by atoms with E-state index in [4.69, 9.17) is 9.47 Å². The molecule has 2 aromatic rings. The van der Waals surface area contributed by atoms with Gasteiger partial charge in [-0.05, 0) is 16.7 Å². The minimum Gasteiger partial charge on any atom is -0.481 e. The number of hydrogen-bond acceptors (Lipinski definition) is 5. The van der Waals surface area contributed by atoms with E-state index in [1.165, 1.54) is 11.9 Å². The zero-order chi connectivity index (χ0) is 13.9. The molecule has 5 heteroatoms. The molecule has 1 aliphatic heterocycles. The van der Waals surface area contributed by atoms with Crippen LogP contribution in [0.3, 0.4) is 0 Å². The van der Waals surface area contributed by atoms with Crippen LogP contribution in [0.2, 0.25) is 0 Å². The zero-order valence-corrected chi connectivity index (χ0v) is 11.2. The number of methoxy groups -OCH3 is 1. The molecule has 0 radical (unpaired) electrons. The number of nitrogens with zero attached hydrogens (tertiary/aromatic N) is 2. The normalized spacial score (nSPS) is 14.9. The molecule has 1 aliphatic rings. The average Bonchev–Trinajstić information content (AvgIpc) is 2.94. The summed E-state index contributed by atoms with van der Waals surface area (Å²) < 4.78 is 10.4. The number of aliphatic hydroxyl groups is 1. The maximum absolute atomic E-state index is 10.3. The standard InChI is InChI=1S/C15H16N2O3/c1-19-15-6-13(16-9-17-15)5-14(18)10-2-3-11-7-20-8-12(11)4-10/h2-4,6,9,14,18H,5,7-8H2,1H3. The molecular formula is C15H16N2O3. The second-order valence-electron chi connectivity index (χ2n) is 4.79. The maximum atomic E-state index is 10.3. The first-order valence-corrected chi connectivity index (χ1v) is 6.48. The summed E-state index contributed by atoms with van der Waals surface area (Å²) in [7, 11) is 1.56. The van der Waals surface area contributed by atoms with Gasteiger partial charge in [-0.15, -0.1) is 0 Å². The van der Waals surface area contributed by atoms with Crippen LogP contribution < -0.4 is 4.74 Å². The van der Waals surface area contributed by atoms with E-state index in [-0.39, 0.29) is 0 Å². The first-order chi connectivity index (χ1) is 9.76. The predicted molar refractivity (Wildman–Crippen MR) is 72.2 cm³/mol. The molecule has 0 fully saturated rings. The fourth-order valence-corrected chi connectivity index (χ4v) is 2.32. The Labute approximate surface area is 117 Å². The van der Waals surface area contributed by atoms with Gasteiger partial charge in [-0.2, -0.15) is 0 Å². The average molecular weight is 272 g/mol. The number of aromatic nitrogens is 2. The van der Waals surface area contributed by atoms with E-state index in [1.807, 2.05) is 18.2 Å². The van der Waals surface area contributed by atoms with Crippen LogP contribution in [0.15, 0.2) is 30.6 Å². The Balaban J connectivity index is 1.77. The highest BCUT2D eigenvalue weighted by Gasteiger charge is 2.15. The number of ether oxygens (including phenoxy) is 2. The van der Waals surface area contributed by atoms with Gasteiger partial charge in [0.25, 0.3) is 0 Å². The van der Waals surface area contributed by atoms with Crippen LogP contribution in [0.25, 0.3) is 0 Å². The smallest absolute Gasteiger partial charge is 0.216 e. The lowest BCUT2D eigenvalue weighted by molar-refractivity contribution is 0.134. The van der Waals surface area contributed by atoms with Crippen LogP contribution in [0.5, 0.6) is 5.88 Å². The highest BCUT2D eigenvalue weighted by molar-refractivity contribution is 5.34. The van der Waals surface area contributed by atoms with Crippen LogP contribution in [0.1, 0.15) is 28.5 Å². The number of hydrogen-bond donors (Lipinski definition) is 1. The van der Waals surface area contributed by atoms with Crippen LogP contribution in [-0.4, -0.2) is 22.2 Å². The van der Waals surface area contributed by atoms with E-state index < -0.39 is 6.10 Å². The monoisotopic (exact) mass is 272 g/mol. The van der Waals surface area contributed by atoms with Crippen molar-refractivity contribution < 1.29 is 14.6 Å². The lowest BCUT2D eigenvalue weighted by atomic mass is 10.00. The van der Waals surface area contributed by atoms with Gasteiger partial charge in [0.1, 0.15) is 6.33 Å². The summed E-state index contributed by atoms with van der Waals surface area (Å²) in [5.41, 5.74) is 3.99. The van der Waals surface area contributed by atoms with E-state index in [9.17, 15) is 5.11 Å². The second-order valence-corrected chi connectivity index (χ2v) is 4.79. The van der Waals surface area contributed by atoms with Crippen molar-refractivity contribution in [2.75, 3.05) is 7.11 Å². The lowest BCUT2D eigenvalue weighted by Crippen LogP contribution is -2.05. The molecular weight excluding hydrogens is 256 g/mol. The summed E-state index contributed by atoms with van der Waals surface area (Å²) in [6.07, 6.45) is 1.27. The van der Waals surface area contributed by atoms with Gasteiger partial charge < -0.3 is 14.6 Å². The van der Waals surface area contributed by atoms with E-state index in [1.54, 1.807) is 13.2 Å². The van der Waals surface area contributed by atoms with Gasteiger partial charge in [-0.1, -0.05) is 18.2 Å². The zero-order valence-electron chi connectivity index (χ0n) is 11.2. The molecule has 0 bridgehead atoms. The third kappa shape index (κ3) is 2.64. The summed E-state index contributed by atoms with van der Waals surface area (Å²) in [5.74, 6) is 0.504. The Morgan fingerprint density at radius 3 is 2.95 bits per heavy atom. The molecule has 3 rings (SSSR count). The molecule has 0 amide bonds. The van der Waals surface area contributed by atoms with Gasteiger partial charge in [0, 0.05) is 12.5 Å². The topological polar surface area (TPSA) is 64.5 Å². The Bertz CT molecular complexity index is 616. The third-order valence-corrected chi connectivity index (χ3v) is 3.44. The van der Waals surface area contributed by atoms with Crippen molar-refractivity contribution in [2.45, 2.75) is 25.7 Å². The molecule has 1 N–H and O–H groups in total. The lowest BCUT2D eigenvalue weighted by Gasteiger charge is -2.12. The van der Waals surface area contributed by atoms with Gasteiger partial charge in [-0.3, -0.25) is 0 Å². The van der Waals surface area contributed by atoms with E-state index in [0.717, 1.165) is 16.8 Å². The van der Waals surface area contributed by atoms with Gasteiger partial charge >= 0.3 is 0 Å². The van der Waals surface area contributed by atoms with Crippen molar-refractivity contribution in [2.24, 2.45) is 0 Å². The van der Waals surface area contributed by atoms with Gasteiger partial charge in [-0.25, -0.2) is 9.97 Å². The Morgan fingerprint density at radius 1 is 1.25 bits per heavy atom. The quantitative estimate of drug-likeness (QED) is 0.919. The van der Waals surface area contributed by atoms with E-state index >= 15 is 0 Å². The largest absolute Gasteiger partial charge is 0.481 e. The number of benzene rings is 1. The van der Waals surface area contributed by atoms with Crippen LogP contribution >= 0.6 is 0 Å². The summed E-state index contributed by atoms with van der Waals surface area (Å²) in [6.45, 7) is 1.28. The van der Waals surface area contributed by atoms with Gasteiger partial charge in [0.05, 0.1) is 32.1 Å². The van der Waals surface area contributed by atoms with E-state index in [2.05, 4.69) is 9.97 Å². The number of aliphatic hydroxyl groups excluding tert-OH is 1. The van der Waals surface area contributed by atoms with Gasteiger partial charge in [0.2, 0.25) is 5.88 Å². The SMILES string of the molecule is COc1cc(CC(O)c2ccc3c(c2)COC3)ncn1. The predicted octanol–water partition coefficient (Wildman–Crippen LogP) is 1.79. The summed E-state index contributed by atoms with van der Waals surface area (Å²) in [5, 5.41) is 10.3.